The molecule has 0 unspecified atom stereocenters. The molecular formula is C13H7F4NO3. The van der Waals surface area contributed by atoms with Crippen molar-refractivity contribution in [2.24, 2.45) is 0 Å². The molecule has 0 saturated carbocycles. The molecule has 4 nitrogen and oxygen atoms in total. The van der Waals surface area contributed by atoms with E-state index < -0.39 is 28.5 Å². The molecule has 0 atom stereocenters. The quantitative estimate of drug-likeness (QED) is 0.482. The number of non-ortho nitro benzene ring substituents is 1. The first-order valence-corrected chi connectivity index (χ1v) is 5.57. The molecule has 0 radical (unpaired) electrons. The number of rotatable bonds is 3. The Morgan fingerprint density at radius 3 is 2.33 bits per heavy atom. The lowest BCUT2D eigenvalue weighted by Crippen LogP contribution is -2.17. The average molecular weight is 301 g/mol. The Morgan fingerprint density at radius 1 is 1.05 bits per heavy atom. The summed E-state index contributed by atoms with van der Waals surface area (Å²) in [6, 6.07) is 7.43. The Balaban J connectivity index is 2.56. The van der Waals surface area contributed by atoms with E-state index in [0.29, 0.717) is 0 Å². The summed E-state index contributed by atoms with van der Waals surface area (Å²) in [4.78, 5) is 9.91. The van der Waals surface area contributed by atoms with Gasteiger partial charge in [0.25, 0.3) is 5.69 Å². The lowest BCUT2D eigenvalue weighted by atomic mass is 10.0. The fraction of sp³-hybridized carbons (Fsp3) is 0.0769. The van der Waals surface area contributed by atoms with Crippen LogP contribution in [0.25, 0.3) is 11.1 Å². The van der Waals surface area contributed by atoms with Gasteiger partial charge in [0, 0.05) is 23.3 Å². The van der Waals surface area contributed by atoms with Crippen LogP contribution in [0, 0.1) is 15.9 Å². The number of nitrogens with zero attached hydrogens (tertiary/aromatic N) is 1. The molecule has 0 aliphatic rings. The number of benzene rings is 2. The second-order valence-corrected chi connectivity index (χ2v) is 3.97. The van der Waals surface area contributed by atoms with Crippen LogP contribution in [0.4, 0.5) is 23.2 Å². The normalized spacial score (nSPS) is 11.2. The summed E-state index contributed by atoms with van der Waals surface area (Å²) in [5.74, 6) is -1.52. The SMILES string of the molecule is O=[N+]([O-])c1ccc(F)c(-c2ccccc2OC(F)(F)F)c1. The number of halogens is 4. The first-order valence-electron chi connectivity index (χ1n) is 5.57. The van der Waals surface area contributed by atoms with Gasteiger partial charge in [-0.15, -0.1) is 13.2 Å². The molecule has 0 amide bonds. The van der Waals surface area contributed by atoms with E-state index >= 15 is 0 Å². The summed E-state index contributed by atoms with van der Waals surface area (Å²) in [7, 11) is 0. The highest BCUT2D eigenvalue weighted by Gasteiger charge is 2.32. The van der Waals surface area contributed by atoms with Gasteiger partial charge in [-0.25, -0.2) is 4.39 Å². The largest absolute Gasteiger partial charge is 0.573 e. The molecule has 0 heterocycles. The van der Waals surface area contributed by atoms with Crippen molar-refractivity contribution in [3.8, 4) is 16.9 Å². The molecule has 2 rings (SSSR count). The Kier molecular flexibility index (Phi) is 3.79. The third-order valence-corrected chi connectivity index (χ3v) is 2.56. The van der Waals surface area contributed by atoms with Gasteiger partial charge in [0.05, 0.1) is 4.92 Å². The highest BCUT2D eigenvalue weighted by Crippen LogP contribution is 2.36. The van der Waals surface area contributed by atoms with Crippen LogP contribution < -0.4 is 4.74 Å². The van der Waals surface area contributed by atoms with Crippen molar-refractivity contribution in [1.29, 1.82) is 0 Å². The summed E-state index contributed by atoms with van der Waals surface area (Å²) in [5, 5.41) is 10.7. The van der Waals surface area contributed by atoms with Crippen LogP contribution in [-0.2, 0) is 0 Å². The van der Waals surface area contributed by atoms with Gasteiger partial charge in [0.2, 0.25) is 0 Å². The van der Waals surface area contributed by atoms with Crippen LogP contribution >= 0.6 is 0 Å². The van der Waals surface area contributed by atoms with E-state index in [1.54, 1.807) is 0 Å². The molecule has 0 saturated heterocycles. The third kappa shape index (κ3) is 3.47. The Morgan fingerprint density at radius 2 is 1.71 bits per heavy atom. The summed E-state index contributed by atoms with van der Waals surface area (Å²) in [6.45, 7) is 0. The lowest BCUT2D eigenvalue weighted by Gasteiger charge is -2.13. The number of hydrogen-bond donors (Lipinski definition) is 0. The molecule has 21 heavy (non-hydrogen) atoms. The topological polar surface area (TPSA) is 52.4 Å². The molecule has 2 aromatic rings. The fourth-order valence-corrected chi connectivity index (χ4v) is 1.74. The number of para-hydroxylation sites is 1. The summed E-state index contributed by atoms with van der Waals surface area (Å²) < 4.78 is 54.5. The second kappa shape index (κ2) is 5.39. The smallest absolute Gasteiger partial charge is 0.405 e. The minimum absolute atomic E-state index is 0.226. The molecule has 0 N–H and O–H groups in total. The van der Waals surface area contributed by atoms with Crippen molar-refractivity contribution >= 4 is 5.69 Å². The zero-order chi connectivity index (χ0) is 15.6. The van der Waals surface area contributed by atoms with Crippen molar-refractivity contribution in [3.05, 3.63) is 58.4 Å². The van der Waals surface area contributed by atoms with Crippen LogP contribution in [0.15, 0.2) is 42.5 Å². The number of alkyl halides is 3. The van der Waals surface area contributed by atoms with Crippen LogP contribution in [-0.4, -0.2) is 11.3 Å². The molecule has 0 aliphatic carbocycles. The average Bonchev–Trinajstić information content (AvgIpc) is 2.38. The molecule has 0 spiro atoms. The third-order valence-electron chi connectivity index (χ3n) is 2.56. The van der Waals surface area contributed by atoms with Crippen molar-refractivity contribution in [1.82, 2.24) is 0 Å². The zero-order valence-corrected chi connectivity index (χ0v) is 10.2. The molecular weight excluding hydrogens is 294 g/mol. The van der Waals surface area contributed by atoms with Gasteiger partial charge in [0.1, 0.15) is 11.6 Å². The monoisotopic (exact) mass is 301 g/mol. The Hall–Kier alpha value is -2.64. The van der Waals surface area contributed by atoms with E-state index in [2.05, 4.69) is 4.74 Å². The van der Waals surface area contributed by atoms with E-state index in [1.807, 2.05) is 0 Å². The fourth-order valence-electron chi connectivity index (χ4n) is 1.74. The molecule has 0 fully saturated rings. The van der Waals surface area contributed by atoms with Crippen LogP contribution in [0.2, 0.25) is 0 Å². The van der Waals surface area contributed by atoms with Gasteiger partial charge in [-0.1, -0.05) is 18.2 Å². The van der Waals surface area contributed by atoms with Gasteiger partial charge in [-0.3, -0.25) is 10.1 Å². The predicted molar refractivity (Wildman–Crippen MR) is 65.2 cm³/mol. The van der Waals surface area contributed by atoms with Gasteiger partial charge < -0.3 is 4.74 Å². The molecule has 0 bridgehead atoms. The van der Waals surface area contributed by atoms with Crippen molar-refractivity contribution < 1.29 is 27.2 Å². The van der Waals surface area contributed by atoms with Crippen LogP contribution in [0.3, 0.4) is 0 Å². The molecule has 0 aliphatic heterocycles. The molecule has 8 heteroatoms. The number of hydrogen-bond acceptors (Lipinski definition) is 3. The van der Waals surface area contributed by atoms with Crippen molar-refractivity contribution in [3.63, 3.8) is 0 Å². The summed E-state index contributed by atoms with van der Waals surface area (Å²) in [6.07, 6.45) is -4.95. The molecule has 0 aromatic heterocycles. The van der Waals surface area contributed by atoms with E-state index in [0.717, 1.165) is 24.3 Å². The number of ether oxygens (including phenoxy) is 1. The maximum atomic E-state index is 13.8. The Bertz CT molecular complexity index is 685. The minimum Gasteiger partial charge on any atom is -0.405 e. The highest BCUT2D eigenvalue weighted by molar-refractivity contribution is 5.72. The first kappa shape index (κ1) is 14.8. The van der Waals surface area contributed by atoms with Crippen molar-refractivity contribution in [2.45, 2.75) is 6.36 Å². The summed E-state index contributed by atoms with van der Waals surface area (Å²) >= 11 is 0. The first-order chi connectivity index (χ1) is 9.78. The lowest BCUT2D eigenvalue weighted by molar-refractivity contribution is -0.384. The van der Waals surface area contributed by atoms with Gasteiger partial charge in [0.15, 0.2) is 0 Å². The maximum Gasteiger partial charge on any atom is 0.573 e. The maximum absolute atomic E-state index is 13.8. The van der Waals surface area contributed by atoms with E-state index in [1.165, 1.54) is 18.2 Å². The highest BCUT2D eigenvalue weighted by atomic mass is 19.4. The Labute approximate surface area is 115 Å². The summed E-state index contributed by atoms with van der Waals surface area (Å²) in [5.41, 5.74) is -1.01. The molecule has 110 valence electrons. The zero-order valence-electron chi connectivity index (χ0n) is 10.2. The molecule has 2 aromatic carbocycles. The van der Waals surface area contributed by atoms with Gasteiger partial charge in [-0.05, 0) is 12.1 Å². The van der Waals surface area contributed by atoms with E-state index in [9.17, 15) is 27.7 Å². The predicted octanol–water partition coefficient (Wildman–Crippen LogP) is 4.30. The van der Waals surface area contributed by atoms with Crippen LogP contribution in [0.1, 0.15) is 0 Å². The van der Waals surface area contributed by atoms with Crippen LogP contribution in [0.5, 0.6) is 5.75 Å². The standard InChI is InChI=1S/C13H7F4NO3/c14-11-6-5-8(18(19)20)7-10(11)9-3-1-2-4-12(9)21-13(15,16)17/h1-7H. The van der Waals surface area contributed by atoms with Gasteiger partial charge >= 0.3 is 6.36 Å². The van der Waals surface area contributed by atoms with E-state index in [-0.39, 0.29) is 11.1 Å². The van der Waals surface area contributed by atoms with Crippen molar-refractivity contribution in [2.75, 3.05) is 0 Å². The second-order valence-electron chi connectivity index (χ2n) is 3.97. The van der Waals surface area contributed by atoms with Gasteiger partial charge in [-0.2, -0.15) is 0 Å². The minimum atomic E-state index is -4.95. The number of nitro benzene ring substituents is 1. The van der Waals surface area contributed by atoms with E-state index in [4.69, 9.17) is 0 Å². The number of nitro groups is 1.